The van der Waals surface area contributed by atoms with E-state index in [9.17, 15) is 9.18 Å². The predicted molar refractivity (Wildman–Crippen MR) is 128 cm³/mol. The molecule has 0 saturated carbocycles. The molecule has 6 nitrogen and oxygen atoms in total. The molecule has 1 amide bonds. The zero-order chi connectivity index (χ0) is 22.8. The van der Waals surface area contributed by atoms with Crippen molar-refractivity contribution in [2.75, 3.05) is 32.7 Å². The Bertz CT molecular complexity index is 1130. The number of aromatic nitrogens is 2. The van der Waals surface area contributed by atoms with Crippen LogP contribution in [0.3, 0.4) is 0 Å². The van der Waals surface area contributed by atoms with E-state index >= 15 is 0 Å². The summed E-state index contributed by atoms with van der Waals surface area (Å²) in [5.41, 5.74) is 9.86. The molecule has 174 valence electrons. The third-order valence-electron chi connectivity index (χ3n) is 7.24. The average Bonchev–Trinajstić information content (AvgIpc) is 3.51. The average molecular weight is 450 g/mol. The van der Waals surface area contributed by atoms with Gasteiger partial charge in [-0.2, -0.15) is 0 Å². The smallest absolute Gasteiger partial charge is 0.257 e. The van der Waals surface area contributed by atoms with E-state index in [4.69, 9.17) is 5.73 Å². The van der Waals surface area contributed by atoms with Crippen LogP contribution in [0.15, 0.2) is 42.7 Å². The van der Waals surface area contributed by atoms with E-state index in [0.29, 0.717) is 25.2 Å². The number of amides is 1. The second kappa shape index (κ2) is 9.61. The standard InChI is InChI=1S/C26H32FN5O/c27-23-6-5-19(17-28)16-21(23)20-7-12-31(13-8-20)26(33)22-18-32(15-14-30-10-1-2-11-30)24-4-3-9-29-25(22)24/h3-6,9,16,18,20H,1-2,7-8,10-15,17,28H2. The number of hydrogen-bond donors (Lipinski definition) is 1. The Morgan fingerprint density at radius 3 is 2.64 bits per heavy atom. The Morgan fingerprint density at radius 2 is 1.88 bits per heavy atom. The van der Waals surface area contributed by atoms with Crippen LogP contribution in [-0.4, -0.2) is 58.0 Å². The molecule has 0 atom stereocenters. The molecule has 2 saturated heterocycles. The van der Waals surface area contributed by atoms with Crippen molar-refractivity contribution in [2.45, 2.75) is 44.7 Å². The molecule has 5 rings (SSSR count). The van der Waals surface area contributed by atoms with Crippen molar-refractivity contribution in [3.8, 4) is 0 Å². The first-order valence-electron chi connectivity index (χ1n) is 12.1. The maximum absolute atomic E-state index is 14.4. The largest absolute Gasteiger partial charge is 0.344 e. The van der Waals surface area contributed by atoms with Crippen molar-refractivity contribution in [2.24, 2.45) is 5.73 Å². The van der Waals surface area contributed by atoms with Gasteiger partial charge in [0.25, 0.3) is 5.91 Å². The normalized spacial score (nSPS) is 17.8. The Hall–Kier alpha value is -2.77. The molecule has 4 heterocycles. The van der Waals surface area contributed by atoms with Gasteiger partial charge in [-0.15, -0.1) is 0 Å². The second-order valence-electron chi connectivity index (χ2n) is 9.28. The summed E-state index contributed by atoms with van der Waals surface area (Å²) in [6, 6.07) is 9.11. The first-order valence-corrected chi connectivity index (χ1v) is 12.1. The summed E-state index contributed by atoms with van der Waals surface area (Å²) in [5, 5.41) is 0. The predicted octanol–water partition coefficient (Wildman–Crippen LogP) is 3.75. The molecular formula is C26H32FN5O. The molecule has 2 aliphatic heterocycles. The van der Waals surface area contributed by atoms with Crippen LogP contribution in [-0.2, 0) is 13.1 Å². The van der Waals surface area contributed by atoms with Gasteiger partial charge < -0.3 is 20.1 Å². The van der Waals surface area contributed by atoms with Crippen LogP contribution in [0.5, 0.6) is 0 Å². The Balaban J connectivity index is 1.30. The van der Waals surface area contributed by atoms with Crippen LogP contribution in [0.4, 0.5) is 4.39 Å². The fourth-order valence-electron chi connectivity index (χ4n) is 5.32. The van der Waals surface area contributed by atoms with Crippen molar-refractivity contribution < 1.29 is 9.18 Å². The minimum absolute atomic E-state index is 0.0215. The van der Waals surface area contributed by atoms with E-state index in [2.05, 4.69) is 14.5 Å². The molecule has 2 aromatic heterocycles. The number of likely N-dealkylation sites (tertiary alicyclic amines) is 2. The van der Waals surface area contributed by atoms with Gasteiger partial charge in [-0.3, -0.25) is 9.78 Å². The zero-order valence-electron chi connectivity index (χ0n) is 19.0. The summed E-state index contributed by atoms with van der Waals surface area (Å²) in [6.07, 6.45) is 7.77. The zero-order valence-corrected chi connectivity index (χ0v) is 19.0. The van der Waals surface area contributed by atoms with E-state index < -0.39 is 0 Å². The minimum atomic E-state index is -0.178. The summed E-state index contributed by atoms with van der Waals surface area (Å²) in [4.78, 5) is 22.4. The van der Waals surface area contributed by atoms with E-state index in [1.165, 1.54) is 18.9 Å². The molecule has 0 aliphatic carbocycles. The van der Waals surface area contributed by atoms with Gasteiger partial charge in [-0.1, -0.05) is 12.1 Å². The van der Waals surface area contributed by atoms with E-state index in [0.717, 1.165) is 61.2 Å². The molecule has 1 aromatic carbocycles. The van der Waals surface area contributed by atoms with Crippen molar-refractivity contribution in [1.82, 2.24) is 19.4 Å². The Kier molecular flexibility index (Phi) is 6.42. The van der Waals surface area contributed by atoms with Gasteiger partial charge in [-0.05, 0) is 74.0 Å². The first-order chi connectivity index (χ1) is 16.1. The Morgan fingerprint density at radius 1 is 1.09 bits per heavy atom. The quantitative estimate of drug-likeness (QED) is 0.622. The highest BCUT2D eigenvalue weighted by Crippen LogP contribution is 2.32. The second-order valence-corrected chi connectivity index (χ2v) is 9.28. The highest BCUT2D eigenvalue weighted by Gasteiger charge is 2.28. The number of nitrogens with zero attached hydrogens (tertiary/aromatic N) is 4. The number of hydrogen-bond acceptors (Lipinski definition) is 4. The van der Waals surface area contributed by atoms with Gasteiger partial charge in [0, 0.05) is 45.1 Å². The first kappa shape index (κ1) is 22.0. The molecule has 2 N–H and O–H groups in total. The fraction of sp³-hybridized carbons (Fsp3) is 0.462. The van der Waals surface area contributed by atoms with Gasteiger partial charge in [0.05, 0.1) is 11.1 Å². The van der Waals surface area contributed by atoms with Gasteiger partial charge in [0.2, 0.25) is 0 Å². The van der Waals surface area contributed by atoms with E-state index in [1.54, 1.807) is 12.3 Å². The number of piperidine rings is 1. The van der Waals surface area contributed by atoms with Crippen molar-refractivity contribution in [3.05, 3.63) is 65.2 Å². The van der Waals surface area contributed by atoms with Crippen LogP contribution >= 0.6 is 0 Å². The van der Waals surface area contributed by atoms with Crippen molar-refractivity contribution in [3.63, 3.8) is 0 Å². The monoisotopic (exact) mass is 449 g/mol. The lowest BCUT2D eigenvalue weighted by Gasteiger charge is -2.32. The number of halogens is 1. The minimum Gasteiger partial charge on any atom is -0.344 e. The molecule has 3 aromatic rings. The molecule has 2 aliphatic rings. The Labute approximate surface area is 194 Å². The van der Waals surface area contributed by atoms with Gasteiger partial charge >= 0.3 is 0 Å². The van der Waals surface area contributed by atoms with Gasteiger partial charge in [0.1, 0.15) is 11.3 Å². The fourth-order valence-corrected chi connectivity index (χ4v) is 5.32. The van der Waals surface area contributed by atoms with Crippen LogP contribution in [0.25, 0.3) is 11.0 Å². The summed E-state index contributed by atoms with van der Waals surface area (Å²) >= 11 is 0. The van der Waals surface area contributed by atoms with Crippen molar-refractivity contribution in [1.29, 1.82) is 0 Å². The summed E-state index contributed by atoms with van der Waals surface area (Å²) < 4.78 is 16.6. The molecule has 2 fully saturated rings. The number of pyridine rings is 1. The molecule has 0 bridgehead atoms. The maximum Gasteiger partial charge on any atom is 0.257 e. The number of rotatable bonds is 6. The number of benzene rings is 1. The summed E-state index contributed by atoms with van der Waals surface area (Å²) in [5.74, 6) is -0.0454. The molecule has 0 unspecified atom stereocenters. The van der Waals surface area contributed by atoms with Crippen molar-refractivity contribution >= 4 is 16.9 Å². The molecule has 7 heteroatoms. The molecule has 0 spiro atoms. The molecular weight excluding hydrogens is 417 g/mol. The molecule has 0 radical (unpaired) electrons. The third-order valence-corrected chi connectivity index (χ3v) is 7.24. The van der Waals surface area contributed by atoms with Crippen LogP contribution in [0.2, 0.25) is 0 Å². The lowest BCUT2D eigenvalue weighted by Crippen LogP contribution is -2.38. The lowest BCUT2D eigenvalue weighted by molar-refractivity contribution is 0.0714. The maximum atomic E-state index is 14.4. The highest BCUT2D eigenvalue weighted by molar-refractivity contribution is 6.05. The summed E-state index contributed by atoms with van der Waals surface area (Å²) in [6.45, 7) is 5.80. The molecule has 33 heavy (non-hydrogen) atoms. The summed E-state index contributed by atoms with van der Waals surface area (Å²) in [7, 11) is 0. The number of carbonyl (C=O) groups is 1. The van der Waals surface area contributed by atoms with Gasteiger partial charge in [-0.25, -0.2) is 4.39 Å². The van der Waals surface area contributed by atoms with Crippen LogP contribution < -0.4 is 5.73 Å². The lowest BCUT2D eigenvalue weighted by atomic mass is 9.88. The van der Waals surface area contributed by atoms with E-state index in [1.807, 2.05) is 29.3 Å². The third kappa shape index (κ3) is 4.52. The highest BCUT2D eigenvalue weighted by atomic mass is 19.1. The number of nitrogens with two attached hydrogens (primary N) is 1. The number of carbonyl (C=O) groups excluding carboxylic acids is 1. The van der Waals surface area contributed by atoms with Crippen LogP contribution in [0, 0.1) is 5.82 Å². The topological polar surface area (TPSA) is 67.4 Å². The van der Waals surface area contributed by atoms with E-state index in [-0.39, 0.29) is 17.6 Å². The number of fused-ring (bicyclic) bond motifs is 1. The van der Waals surface area contributed by atoms with Crippen LogP contribution in [0.1, 0.15) is 53.1 Å². The SMILES string of the molecule is NCc1ccc(F)c(C2CCN(C(=O)c3cn(CCN4CCCC4)c4cccnc34)CC2)c1. The van der Waals surface area contributed by atoms with Gasteiger partial charge in [0.15, 0.2) is 0 Å².